The minimum Gasteiger partial charge on any atom is -0.468 e. The fourth-order valence-electron chi connectivity index (χ4n) is 3.21. The largest absolute Gasteiger partial charge is 0.499 e. The third kappa shape index (κ3) is 7.78. The number of rotatable bonds is 7. The molecule has 14 heteroatoms. The van der Waals surface area contributed by atoms with Crippen LogP contribution in [-0.4, -0.2) is 46.1 Å². The van der Waals surface area contributed by atoms with Crippen LogP contribution in [0.1, 0.15) is 38.8 Å². The Labute approximate surface area is 225 Å². The maximum atomic E-state index is 13.4. The molecule has 38 heavy (non-hydrogen) atoms. The van der Waals surface area contributed by atoms with Crippen molar-refractivity contribution in [3.05, 3.63) is 52.0 Å². The van der Waals surface area contributed by atoms with E-state index in [2.05, 4.69) is 20.7 Å². The predicted molar refractivity (Wildman–Crippen MR) is 131 cm³/mol. The van der Waals surface area contributed by atoms with E-state index < -0.39 is 41.8 Å². The van der Waals surface area contributed by atoms with Crippen LogP contribution in [0.4, 0.5) is 26.3 Å². The van der Waals surface area contributed by atoms with Crippen molar-refractivity contribution in [1.82, 2.24) is 0 Å². The van der Waals surface area contributed by atoms with Crippen molar-refractivity contribution < 1.29 is 54.6 Å². The van der Waals surface area contributed by atoms with E-state index in [1.165, 1.54) is 38.5 Å². The fraction of sp³-hybridized carbons (Fsp3) is 0.500. The Hall–Kier alpha value is -2.00. The van der Waals surface area contributed by atoms with E-state index >= 15 is 0 Å². The highest BCUT2D eigenvalue weighted by Gasteiger charge is 2.54. The molecule has 6 nitrogen and oxygen atoms in total. The zero-order valence-corrected chi connectivity index (χ0v) is 23.1. The van der Waals surface area contributed by atoms with E-state index in [-0.39, 0.29) is 35.0 Å². The van der Waals surface area contributed by atoms with Gasteiger partial charge in [-0.05, 0) is 61.8 Å². The molecular formula is C24H28BBrF6O6. The third-order valence-corrected chi connectivity index (χ3v) is 6.61. The van der Waals surface area contributed by atoms with E-state index in [0.717, 1.165) is 12.1 Å². The fourth-order valence-corrected chi connectivity index (χ4v) is 3.81. The van der Waals surface area contributed by atoms with Crippen molar-refractivity contribution >= 4 is 28.5 Å². The van der Waals surface area contributed by atoms with Crippen LogP contribution in [0.25, 0.3) is 0 Å². The average Bonchev–Trinajstić information content (AvgIpc) is 3.02. The Balaban J connectivity index is 0.000000293. The lowest BCUT2D eigenvalue weighted by Gasteiger charge is -2.32. The van der Waals surface area contributed by atoms with Gasteiger partial charge in [-0.1, -0.05) is 18.2 Å². The molecule has 0 aliphatic carbocycles. The molecule has 2 aromatic rings. The van der Waals surface area contributed by atoms with Gasteiger partial charge in [-0.15, -0.1) is 0 Å². The summed E-state index contributed by atoms with van der Waals surface area (Å²) in [4.78, 5) is 0. The molecule has 0 saturated carbocycles. The average molecular weight is 617 g/mol. The van der Waals surface area contributed by atoms with Gasteiger partial charge in [-0.3, -0.25) is 0 Å². The van der Waals surface area contributed by atoms with Crippen LogP contribution in [0.5, 0.6) is 11.5 Å². The minimum atomic E-state index is -4.55. The molecule has 212 valence electrons. The van der Waals surface area contributed by atoms with Gasteiger partial charge < -0.3 is 28.3 Å². The Morgan fingerprint density at radius 2 is 1.16 bits per heavy atom. The second-order valence-electron chi connectivity index (χ2n) is 9.02. The molecular weight excluding hydrogens is 589 g/mol. The maximum absolute atomic E-state index is 13.4. The van der Waals surface area contributed by atoms with Crippen LogP contribution < -0.4 is 14.9 Å². The van der Waals surface area contributed by atoms with Gasteiger partial charge >= 0.3 is 19.5 Å². The summed E-state index contributed by atoms with van der Waals surface area (Å²) in [7, 11) is 1.61. The number of hydrogen-bond donors (Lipinski definition) is 0. The highest BCUT2D eigenvalue weighted by molar-refractivity contribution is 9.10. The monoisotopic (exact) mass is 616 g/mol. The lowest BCUT2D eigenvalue weighted by molar-refractivity contribution is -0.138. The second kappa shape index (κ2) is 12.5. The molecule has 0 aromatic heterocycles. The van der Waals surface area contributed by atoms with Crippen molar-refractivity contribution in [3.8, 4) is 11.5 Å². The van der Waals surface area contributed by atoms with E-state index in [1.807, 2.05) is 0 Å². The molecule has 0 amide bonds. The Morgan fingerprint density at radius 3 is 1.61 bits per heavy atom. The molecule has 1 fully saturated rings. The van der Waals surface area contributed by atoms with Gasteiger partial charge in [-0.2, -0.15) is 26.3 Å². The van der Waals surface area contributed by atoms with Crippen LogP contribution in [0.15, 0.2) is 40.9 Å². The SMILES string of the molecule is COCOc1cccc(C(F)(F)F)c1B1OC(C)(C)C(C)(C)O1.COCOc1cccc(C(F)(F)F)c1Br. The van der Waals surface area contributed by atoms with Gasteiger partial charge in [0.05, 0.1) is 26.8 Å². The molecule has 0 unspecified atom stereocenters. The van der Waals surface area contributed by atoms with Gasteiger partial charge in [0.1, 0.15) is 11.5 Å². The highest BCUT2D eigenvalue weighted by Crippen LogP contribution is 2.40. The first-order chi connectivity index (χ1) is 17.5. The van der Waals surface area contributed by atoms with Crippen LogP contribution in [0.3, 0.4) is 0 Å². The van der Waals surface area contributed by atoms with E-state index in [1.54, 1.807) is 27.7 Å². The second-order valence-corrected chi connectivity index (χ2v) is 9.81. The summed E-state index contributed by atoms with van der Waals surface area (Å²) in [6, 6.07) is 7.39. The first-order valence-corrected chi connectivity index (χ1v) is 11.9. The zero-order valence-electron chi connectivity index (χ0n) is 21.6. The molecule has 0 N–H and O–H groups in total. The summed E-state index contributed by atoms with van der Waals surface area (Å²) >= 11 is 2.85. The Bertz CT molecular complexity index is 1060. The normalized spacial score (nSPS) is 16.6. The summed E-state index contributed by atoms with van der Waals surface area (Å²) in [6.45, 7) is 6.84. The van der Waals surface area contributed by atoms with E-state index in [9.17, 15) is 26.3 Å². The molecule has 1 saturated heterocycles. The van der Waals surface area contributed by atoms with Crippen LogP contribution >= 0.6 is 15.9 Å². The first kappa shape index (κ1) is 32.2. The van der Waals surface area contributed by atoms with Gasteiger partial charge in [-0.25, -0.2) is 0 Å². The van der Waals surface area contributed by atoms with Gasteiger partial charge in [0, 0.05) is 19.7 Å². The molecule has 0 bridgehead atoms. The zero-order chi connectivity index (χ0) is 28.9. The predicted octanol–water partition coefficient (Wildman–Crippen LogP) is 6.44. The van der Waals surface area contributed by atoms with Gasteiger partial charge in [0.25, 0.3) is 0 Å². The third-order valence-electron chi connectivity index (χ3n) is 5.79. The molecule has 0 spiro atoms. The van der Waals surface area contributed by atoms with Gasteiger partial charge in [0.2, 0.25) is 0 Å². The van der Waals surface area contributed by atoms with Crippen molar-refractivity contribution in [1.29, 1.82) is 0 Å². The summed E-state index contributed by atoms with van der Waals surface area (Å²) in [6.07, 6.45) is -8.95. The quantitative estimate of drug-likeness (QED) is 0.203. The molecule has 0 atom stereocenters. The van der Waals surface area contributed by atoms with Crippen molar-refractivity contribution in [2.45, 2.75) is 51.2 Å². The van der Waals surface area contributed by atoms with Crippen LogP contribution in [0.2, 0.25) is 0 Å². The summed E-state index contributed by atoms with van der Waals surface area (Å²) in [5.74, 6) is 0.131. The Morgan fingerprint density at radius 1 is 0.737 bits per heavy atom. The summed E-state index contributed by atoms with van der Waals surface area (Å²) in [5, 5.41) is 0. The maximum Gasteiger partial charge on any atom is 0.499 e. The van der Waals surface area contributed by atoms with Crippen molar-refractivity contribution in [2.75, 3.05) is 27.8 Å². The summed E-state index contributed by atoms with van der Waals surface area (Å²) < 4.78 is 109. The number of methoxy groups -OCH3 is 2. The standard InChI is InChI=1S/C15H20BF3O4.C9H8BrF3O2/c1-13(2)14(3,4)23-16(22-13)12-10(15(17,18)19)7-6-8-11(12)21-9-20-5;1-14-5-15-7-4-2-3-6(8(7)10)9(11,12)13/h6-8H,9H2,1-5H3;2-4H,5H2,1H3. The van der Waals surface area contributed by atoms with Gasteiger partial charge in [0.15, 0.2) is 13.6 Å². The topological polar surface area (TPSA) is 55.4 Å². The molecule has 2 aromatic carbocycles. The number of ether oxygens (including phenoxy) is 4. The van der Waals surface area contributed by atoms with E-state index in [4.69, 9.17) is 23.5 Å². The summed E-state index contributed by atoms with van der Waals surface area (Å²) in [5.41, 5.74) is -3.29. The number of alkyl halides is 6. The smallest absolute Gasteiger partial charge is 0.468 e. The van der Waals surface area contributed by atoms with Crippen LogP contribution in [-0.2, 0) is 31.1 Å². The number of benzene rings is 2. The first-order valence-electron chi connectivity index (χ1n) is 11.1. The lowest BCUT2D eigenvalue weighted by Crippen LogP contribution is -2.41. The lowest BCUT2D eigenvalue weighted by atomic mass is 9.75. The highest BCUT2D eigenvalue weighted by atomic mass is 79.9. The molecule has 0 radical (unpaired) electrons. The number of hydrogen-bond acceptors (Lipinski definition) is 6. The number of halogens is 7. The minimum absolute atomic E-state index is 0.0279. The Kier molecular flexibility index (Phi) is 10.6. The van der Waals surface area contributed by atoms with Crippen LogP contribution in [0, 0.1) is 0 Å². The van der Waals surface area contributed by atoms with Crippen molar-refractivity contribution in [3.63, 3.8) is 0 Å². The van der Waals surface area contributed by atoms with Crippen molar-refractivity contribution in [2.24, 2.45) is 0 Å². The molecule has 1 aliphatic rings. The molecule has 1 aliphatic heterocycles. The molecule has 1 heterocycles. The van der Waals surface area contributed by atoms with E-state index in [0.29, 0.717) is 0 Å². The molecule has 3 rings (SSSR count).